The van der Waals surface area contributed by atoms with E-state index in [1.54, 1.807) is 10.8 Å². The summed E-state index contributed by atoms with van der Waals surface area (Å²) in [5, 5.41) is 22.0. The van der Waals surface area contributed by atoms with E-state index < -0.39 is 5.60 Å². The van der Waals surface area contributed by atoms with Crippen LogP contribution in [0.4, 0.5) is 0 Å². The molecule has 1 aromatic carbocycles. The van der Waals surface area contributed by atoms with Crippen molar-refractivity contribution in [2.45, 2.75) is 37.7 Å². The highest BCUT2D eigenvalue weighted by Crippen LogP contribution is 2.30. The number of hydrogen-bond acceptors (Lipinski definition) is 4. The average Bonchev–Trinajstić information content (AvgIpc) is 3.30. The zero-order chi connectivity index (χ0) is 19.1. The Labute approximate surface area is 161 Å². The van der Waals surface area contributed by atoms with Crippen LogP contribution in [0.5, 0.6) is 6.01 Å². The number of H-pyrrole nitrogens is 1. The Bertz CT molecular complexity index is 1240. The van der Waals surface area contributed by atoms with Gasteiger partial charge in [-0.3, -0.25) is 4.57 Å². The third-order valence-corrected chi connectivity index (χ3v) is 5.44. The van der Waals surface area contributed by atoms with Crippen LogP contribution in [0, 0.1) is 11.8 Å². The summed E-state index contributed by atoms with van der Waals surface area (Å²) in [5.41, 5.74) is 2.87. The van der Waals surface area contributed by atoms with E-state index in [1.165, 1.54) is 0 Å². The summed E-state index contributed by atoms with van der Waals surface area (Å²) >= 11 is 0. The molecule has 0 unspecified atom stereocenters. The van der Waals surface area contributed by atoms with Crippen molar-refractivity contribution in [3.8, 4) is 23.5 Å². The van der Waals surface area contributed by atoms with Crippen molar-refractivity contribution in [1.29, 1.82) is 0 Å². The van der Waals surface area contributed by atoms with Gasteiger partial charge in [-0.1, -0.05) is 18.3 Å². The monoisotopic (exact) mass is 372 g/mol. The van der Waals surface area contributed by atoms with Crippen LogP contribution in [0.15, 0.2) is 42.7 Å². The number of aliphatic hydroxyl groups is 1. The van der Waals surface area contributed by atoms with Gasteiger partial charge in [-0.2, -0.15) is 4.98 Å². The Morgan fingerprint density at radius 3 is 2.82 bits per heavy atom. The minimum Gasteiger partial charge on any atom is -0.480 e. The third kappa shape index (κ3) is 2.81. The van der Waals surface area contributed by atoms with E-state index in [9.17, 15) is 10.2 Å². The van der Waals surface area contributed by atoms with Crippen molar-refractivity contribution in [2.24, 2.45) is 0 Å². The third-order valence-electron chi connectivity index (χ3n) is 5.44. The van der Waals surface area contributed by atoms with Gasteiger partial charge in [0.15, 0.2) is 0 Å². The molecule has 0 spiro atoms. The van der Waals surface area contributed by atoms with Crippen LogP contribution in [0.25, 0.3) is 27.8 Å². The molecule has 4 aromatic rings. The maximum atomic E-state index is 10.6. The number of rotatable bonds is 1. The van der Waals surface area contributed by atoms with Crippen molar-refractivity contribution in [1.82, 2.24) is 19.5 Å². The number of aromatic hydroxyl groups is 1. The van der Waals surface area contributed by atoms with Crippen LogP contribution in [-0.4, -0.2) is 35.3 Å². The molecular weight excluding hydrogens is 352 g/mol. The van der Waals surface area contributed by atoms with Crippen LogP contribution < -0.4 is 0 Å². The molecule has 0 saturated heterocycles. The van der Waals surface area contributed by atoms with Crippen LogP contribution in [0.3, 0.4) is 0 Å². The molecule has 6 nitrogen and oxygen atoms in total. The smallest absolute Gasteiger partial charge is 0.299 e. The predicted octanol–water partition coefficient (Wildman–Crippen LogP) is 3.65. The molecular formula is C22H20N4O2. The quantitative estimate of drug-likeness (QED) is 0.445. The number of fused-ring (bicyclic) bond motifs is 2. The number of imidazole rings is 1. The minimum absolute atomic E-state index is 0.0836. The van der Waals surface area contributed by atoms with Crippen molar-refractivity contribution in [3.63, 3.8) is 0 Å². The van der Waals surface area contributed by atoms with E-state index in [0.717, 1.165) is 59.9 Å². The number of nitrogens with zero attached hydrogens (tertiary/aromatic N) is 3. The normalized spacial score (nSPS) is 16.2. The van der Waals surface area contributed by atoms with E-state index in [-0.39, 0.29) is 6.01 Å². The molecule has 1 aliphatic carbocycles. The predicted molar refractivity (Wildman–Crippen MR) is 107 cm³/mol. The highest BCUT2D eigenvalue weighted by atomic mass is 16.3. The lowest BCUT2D eigenvalue weighted by Gasteiger charge is -2.26. The lowest BCUT2D eigenvalue weighted by atomic mass is 9.85. The molecule has 3 N–H and O–H groups in total. The molecule has 1 fully saturated rings. The maximum Gasteiger partial charge on any atom is 0.299 e. The van der Waals surface area contributed by atoms with Crippen LogP contribution in [0.1, 0.15) is 37.7 Å². The Balaban J connectivity index is 1.63. The van der Waals surface area contributed by atoms with Gasteiger partial charge in [-0.25, -0.2) is 4.98 Å². The lowest BCUT2D eigenvalue weighted by Crippen LogP contribution is -2.29. The number of hydrogen-bond donors (Lipinski definition) is 3. The van der Waals surface area contributed by atoms with Crippen molar-refractivity contribution in [2.75, 3.05) is 0 Å². The molecule has 5 rings (SSSR count). The van der Waals surface area contributed by atoms with Crippen molar-refractivity contribution in [3.05, 3.63) is 48.3 Å². The Morgan fingerprint density at radius 1 is 1.11 bits per heavy atom. The number of pyridine rings is 1. The van der Waals surface area contributed by atoms with E-state index >= 15 is 0 Å². The van der Waals surface area contributed by atoms with Gasteiger partial charge in [0.1, 0.15) is 11.2 Å². The van der Waals surface area contributed by atoms with E-state index in [4.69, 9.17) is 0 Å². The highest BCUT2D eigenvalue weighted by molar-refractivity contribution is 5.89. The molecule has 0 radical (unpaired) electrons. The average molecular weight is 372 g/mol. The van der Waals surface area contributed by atoms with Crippen molar-refractivity contribution >= 4 is 22.1 Å². The van der Waals surface area contributed by atoms with Gasteiger partial charge < -0.3 is 15.2 Å². The molecule has 0 amide bonds. The molecule has 0 bridgehead atoms. The molecule has 1 saturated carbocycles. The molecule has 140 valence electrons. The fraction of sp³-hybridized carbons (Fsp3) is 0.273. The molecule has 0 aliphatic heterocycles. The van der Waals surface area contributed by atoms with E-state index in [1.807, 2.05) is 36.5 Å². The van der Waals surface area contributed by atoms with E-state index in [2.05, 4.69) is 26.8 Å². The summed E-state index contributed by atoms with van der Waals surface area (Å²) in [5.74, 6) is 6.19. The molecule has 0 atom stereocenters. The second-order valence-electron chi connectivity index (χ2n) is 7.36. The van der Waals surface area contributed by atoms with Gasteiger partial charge in [0.05, 0.1) is 16.7 Å². The molecule has 28 heavy (non-hydrogen) atoms. The fourth-order valence-electron chi connectivity index (χ4n) is 3.97. The number of aromatic nitrogens is 4. The summed E-state index contributed by atoms with van der Waals surface area (Å²) < 4.78 is 1.70. The van der Waals surface area contributed by atoms with Crippen LogP contribution in [0.2, 0.25) is 0 Å². The standard InChI is InChI=1S/C22H20N4O2/c27-21-25-17-5-4-15(6-11-22(28)9-2-1-3-10-22)14-19(17)26(21)18-8-13-24-20-16(18)7-12-23-20/h4-5,7-8,12-14,28H,1-3,9-10H2,(H,23,24)(H,25,27). The van der Waals surface area contributed by atoms with Gasteiger partial charge in [0.2, 0.25) is 0 Å². The molecule has 3 aromatic heterocycles. The summed E-state index contributed by atoms with van der Waals surface area (Å²) in [6.07, 6.45) is 8.15. The summed E-state index contributed by atoms with van der Waals surface area (Å²) in [7, 11) is 0. The lowest BCUT2D eigenvalue weighted by molar-refractivity contribution is 0.0610. The van der Waals surface area contributed by atoms with Crippen LogP contribution in [-0.2, 0) is 0 Å². The van der Waals surface area contributed by atoms with Crippen LogP contribution >= 0.6 is 0 Å². The topological polar surface area (TPSA) is 87.0 Å². The Kier molecular flexibility index (Phi) is 3.85. The first-order valence-corrected chi connectivity index (χ1v) is 9.52. The first kappa shape index (κ1) is 16.8. The highest BCUT2D eigenvalue weighted by Gasteiger charge is 2.26. The Morgan fingerprint density at radius 2 is 1.96 bits per heavy atom. The van der Waals surface area contributed by atoms with Crippen molar-refractivity contribution < 1.29 is 10.2 Å². The molecule has 6 heteroatoms. The fourth-order valence-corrected chi connectivity index (χ4v) is 3.97. The first-order chi connectivity index (χ1) is 13.6. The van der Waals surface area contributed by atoms with Gasteiger partial charge >= 0.3 is 0 Å². The zero-order valence-corrected chi connectivity index (χ0v) is 15.3. The minimum atomic E-state index is -0.891. The summed E-state index contributed by atoms with van der Waals surface area (Å²) in [4.78, 5) is 11.7. The molecule has 3 heterocycles. The second kappa shape index (κ2) is 6.39. The first-order valence-electron chi connectivity index (χ1n) is 9.52. The van der Waals surface area contributed by atoms with Gasteiger partial charge in [0, 0.05) is 23.3 Å². The second-order valence-corrected chi connectivity index (χ2v) is 7.36. The number of benzene rings is 1. The van der Waals surface area contributed by atoms with Gasteiger partial charge in [-0.15, -0.1) is 0 Å². The summed E-state index contributed by atoms with van der Waals surface area (Å²) in [6, 6.07) is 9.30. The van der Waals surface area contributed by atoms with Gasteiger partial charge in [-0.05, 0) is 56.0 Å². The summed E-state index contributed by atoms with van der Waals surface area (Å²) in [6.45, 7) is 0. The van der Waals surface area contributed by atoms with Gasteiger partial charge in [0.25, 0.3) is 6.01 Å². The zero-order valence-electron chi connectivity index (χ0n) is 15.3. The molecule has 1 aliphatic rings. The number of nitrogens with one attached hydrogen (secondary N) is 1. The largest absolute Gasteiger partial charge is 0.480 e. The van der Waals surface area contributed by atoms with E-state index in [0.29, 0.717) is 5.52 Å². The number of aromatic amines is 1. The Hall–Kier alpha value is -3.30. The SMILES string of the molecule is Oc1nc2ccc(C#CC3(O)CCCCC3)cc2n1-c1ccnc2[nH]ccc12. The maximum absolute atomic E-state index is 10.6.